The van der Waals surface area contributed by atoms with E-state index in [4.69, 9.17) is 0 Å². The molecule has 1 aliphatic rings. The summed E-state index contributed by atoms with van der Waals surface area (Å²) in [7, 11) is 0. The molecule has 0 nitrogen and oxygen atoms in total. The third-order valence-corrected chi connectivity index (χ3v) is 3.22. The van der Waals surface area contributed by atoms with Gasteiger partial charge in [-0.3, -0.25) is 0 Å². The molecule has 0 amide bonds. The summed E-state index contributed by atoms with van der Waals surface area (Å²) >= 11 is 2.47. The minimum atomic E-state index is -2.63. The summed E-state index contributed by atoms with van der Waals surface area (Å²) < 4.78 is 25.7. The Morgan fingerprint density at radius 3 is 1.75 bits per heavy atom. The van der Waals surface area contributed by atoms with Crippen molar-refractivity contribution in [1.29, 1.82) is 0 Å². The van der Waals surface area contributed by atoms with Gasteiger partial charge >= 0.3 is 4.83 Å². The second kappa shape index (κ2) is 4.54. The normalized spacial score (nSPS) is 23.2. The number of hydrogen-bond donors (Lipinski definition) is 0. The van der Waals surface area contributed by atoms with Gasteiger partial charge in [0.1, 0.15) is 0 Å². The summed E-state index contributed by atoms with van der Waals surface area (Å²) in [5.41, 5.74) is 0. The van der Waals surface area contributed by atoms with Crippen molar-refractivity contribution in [3.8, 4) is 0 Å². The lowest BCUT2D eigenvalue weighted by atomic mass is 9.91. The van der Waals surface area contributed by atoms with Gasteiger partial charge < -0.3 is 0 Å². The van der Waals surface area contributed by atoms with Gasteiger partial charge in [0.2, 0.25) is 0 Å². The van der Waals surface area contributed by atoms with Crippen LogP contribution in [0, 0.1) is 5.92 Å². The molecule has 0 atom stereocenters. The zero-order chi connectivity index (χ0) is 9.03. The first kappa shape index (κ1) is 10.4. The molecule has 1 aliphatic carbocycles. The second-order valence-corrected chi connectivity index (χ2v) is 4.64. The quantitative estimate of drug-likeness (QED) is 0.599. The van der Waals surface area contributed by atoms with Crippen molar-refractivity contribution in [2.24, 2.45) is 5.92 Å². The monoisotopic (exact) mass is 240 g/mol. The van der Waals surface area contributed by atoms with E-state index in [9.17, 15) is 8.78 Å². The SMILES string of the molecule is FC(F)(Br)C1CCCCCCC1. The highest BCUT2D eigenvalue weighted by molar-refractivity contribution is 9.10. The van der Waals surface area contributed by atoms with Gasteiger partial charge in [0.25, 0.3) is 0 Å². The Labute approximate surface area is 80.9 Å². The molecule has 0 heterocycles. The fourth-order valence-corrected chi connectivity index (χ4v) is 2.24. The predicted molar refractivity (Wildman–Crippen MR) is 49.7 cm³/mol. The van der Waals surface area contributed by atoms with E-state index in [1.807, 2.05) is 0 Å². The van der Waals surface area contributed by atoms with Crippen LogP contribution in [0.4, 0.5) is 8.78 Å². The molecule has 0 spiro atoms. The van der Waals surface area contributed by atoms with Gasteiger partial charge in [-0.05, 0) is 28.8 Å². The van der Waals surface area contributed by atoms with E-state index in [2.05, 4.69) is 15.9 Å². The van der Waals surface area contributed by atoms with Crippen LogP contribution in [-0.4, -0.2) is 4.83 Å². The predicted octanol–water partition coefficient (Wildman–Crippen LogP) is 4.33. The molecule has 1 fully saturated rings. The van der Waals surface area contributed by atoms with Crippen LogP contribution in [-0.2, 0) is 0 Å². The lowest BCUT2D eigenvalue weighted by Gasteiger charge is -2.23. The Kier molecular flexibility index (Phi) is 3.94. The second-order valence-electron chi connectivity index (χ2n) is 3.58. The maximum atomic E-state index is 12.8. The maximum Gasteiger partial charge on any atom is 0.304 e. The summed E-state index contributed by atoms with van der Waals surface area (Å²) in [6.45, 7) is 0. The highest BCUT2D eigenvalue weighted by Gasteiger charge is 2.35. The summed E-state index contributed by atoms with van der Waals surface area (Å²) in [6.07, 6.45) is 6.76. The third kappa shape index (κ3) is 3.38. The molecule has 0 saturated heterocycles. The summed E-state index contributed by atoms with van der Waals surface area (Å²) in [6, 6.07) is 0. The standard InChI is InChI=1S/C9H15BrF2/c10-9(11,12)8-6-4-2-1-3-5-7-8/h8H,1-7H2. The Bertz CT molecular complexity index is 123. The molecule has 0 aromatic rings. The first-order valence-corrected chi connectivity index (χ1v) is 5.47. The van der Waals surface area contributed by atoms with Crippen LogP contribution in [0.2, 0.25) is 0 Å². The zero-order valence-corrected chi connectivity index (χ0v) is 8.75. The van der Waals surface area contributed by atoms with Gasteiger partial charge in [-0.1, -0.05) is 32.1 Å². The fraction of sp³-hybridized carbons (Fsp3) is 1.00. The summed E-state index contributed by atoms with van der Waals surface area (Å²) in [4.78, 5) is -2.63. The molecule has 0 aromatic heterocycles. The molecule has 12 heavy (non-hydrogen) atoms. The molecule has 1 rings (SSSR count). The number of hydrogen-bond acceptors (Lipinski definition) is 0. The van der Waals surface area contributed by atoms with Crippen molar-refractivity contribution in [3.63, 3.8) is 0 Å². The van der Waals surface area contributed by atoms with Crippen molar-refractivity contribution in [2.75, 3.05) is 0 Å². The minimum Gasteiger partial charge on any atom is -0.193 e. The van der Waals surface area contributed by atoms with Gasteiger partial charge in [-0.15, -0.1) is 0 Å². The van der Waals surface area contributed by atoms with Gasteiger partial charge in [-0.2, -0.15) is 8.78 Å². The molecule has 0 bridgehead atoms. The average molecular weight is 241 g/mol. The van der Waals surface area contributed by atoms with Crippen LogP contribution in [0.3, 0.4) is 0 Å². The molecular formula is C9H15BrF2. The van der Waals surface area contributed by atoms with Gasteiger partial charge in [-0.25, -0.2) is 0 Å². The first-order chi connectivity index (χ1) is 5.61. The lowest BCUT2D eigenvalue weighted by molar-refractivity contribution is 0.0324. The molecule has 0 N–H and O–H groups in total. The van der Waals surface area contributed by atoms with E-state index >= 15 is 0 Å². The molecule has 0 unspecified atom stereocenters. The number of rotatable bonds is 1. The van der Waals surface area contributed by atoms with Crippen molar-refractivity contribution < 1.29 is 8.78 Å². The van der Waals surface area contributed by atoms with Gasteiger partial charge in [0.05, 0.1) is 0 Å². The highest BCUT2D eigenvalue weighted by Crippen LogP contribution is 2.39. The van der Waals surface area contributed by atoms with E-state index in [0.717, 1.165) is 25.7 Å². The van der Waals surface area contributed by atoms with Crippen molar-refractivity contribution in [2.45, 2.75) is 49.8 Å². The number of halogens is 3. The van der Waals surface area contributed by atoms with Crippen LogP contribution < -0.4 is 0 Å². The van der Waals surface area contributed by atoms with Gasteiger partial charge in [0.15, 0.2) is 0 Å². The maximum absolute atomic E-state index is 12.8. The Balaban J connectivity index is 2.40. The van der Waals surface area contributed by atoms with Crippen LogP contribution in [0.1, 0.15) is 44.9 Å². The van der Waals surface area contributed by atoms with Crippen LogP contribution in [0.15, 0.2) is 0 Å². The Hall–Kier alpha value is 0.340. The summed E-state index contributed by atoms with van der Waals surface area (Å²) in [5, 5.41) is 0. The lowest BCUT2D eigenvalue weighted by Crippen LogP contribution is -2.21. The van der Waals surface area contributed by atoms with E-state index in [1.54, 1.807) is 0 Å². The zero-order valence-electron chi connectivity index (χ0n) is 7.16. The number of alkyl halides is 3. The van der Waals surface area contributed by atoms with E-state index in [1.165, 1.54) is 6.42 Å². The van der Waals surface area contributed by atoms with Gasteiger partial charge in [0, 0.05) is 5.92 Å². The first-order valence-electron chi connectivity index (χ1n) is 4.67. The molecule has 0 radical (unpaired) electrons. The third-order valence-electron chi connectivity index (χ3n) is 2.57. The van der Waals surface area contributed by atoms with Crippen molar-refractivity contribution in [3.05, 3.63) is 0 Å². The minimum absolute atomic E-state index is 0.433. The largest absolute Gasteiger partial charge is 0.304 e. The van der Waals surface area contributed by atoms with Crippen molar-refractivity contribution >= 4 is 15.9 Å². The molecule has 0 aliphatic heterocycles. The summed E-state index contributed by atoms with van der Waals surface area (Å²) in [5.74, 6) is -0.433. The van der Waals surface area contributed by atoms with Crippen LogP contribution in [0.25, 0.3) is 0 Å². The molecule has 1 saturated carbocycles. The molecule has 3 heteroatoms. The Morgan fingerprint density at radius 1 is 0.917 bits per heavy atom. The van der Waals surface area contributed by atoms with Crippen LogP contribution >= 0.6 is 15.9 Å². The molecular weight excluding hydrogens is 226 g/mol. The highest BCUT2D eigenvalue weighted by atomic mass is 79.9. The van der Waals surface area contributed by atoms with E-state index in [0.29, 0.717) is 12.8 Å². The van der Waals surface area contributed by atoms with Crippen molar-refractivity contribution in [1.82, 2.24) is 0 Å². The van der Waals surface area contributed by atoms with Crippen LogP contribution in [0.5, 0.6) is 0 Å². The topological polar surface area (TPSA) is 0 Å². The fourth-order valence-electron chi connectivity index (χ4n) is 1.78. The van der Waals surface area contributed by atoms with E-state index < -0.39 is 10.7 Å². The molecule has 0 aromatic carbocycles. The molecule has 72 valence electrons. The average Bonchev–Trinajstić information content (AvgIpc) is 1.81. The Morgan fingerprint density at radius 2 is 1.33 bits per heavy atom. The van der Waals surface area contributed by atoms with E-state index in [-0.39, 0.29) is 0 Å². The smallest absolute Gasteiger partial charge is 0.193 e.